The van der Waals surface area contributed by atoms with Gasteiger partial charge in [0.25, 0.3) is 0 Å². The fourth-order valence-electron chi connectivity index (χ4n) is 1.49. The summed E-state index contributed by atoms with van der Waals surface area (Å²) in [6, 6.07) is 5.13. The molecule has 0 bridgehead atoms. The Kier molecular flexibility index (Phi) is 4.97. The van der Waals surface area contributed by atoms with Crippen LogP contribution >= 0.6 is 11.6 Å². The van der Waals surface area contributed by atoms with E-state index in [4.69, 9.17) is 16.7 Å². The van der Waals surface area contributed by atoms with Crippen molar-refractivity contribution in [2.45, 2.75) is 13.3 Å². The molecule has 92 valence electrons. The van der Waals surface area contributed by atoms with Crippen LogP contribution in [0.5, 0.6) is 0 Å². The van der Waals surface area contributed by atoms with Crippen LogP contribution in [0.4, 0.5) is 4.79 Å². The Morgan fingerprint density at radius 3 is 2.76 bits per heavy atom. The van der Waals surface area contributed by atoms with E-state index in [1.54, 1.807) is 25.1 Å². The number of carbonyl (C=O) groups excluding carboxylic acids is 1. The molecule has 0 spiro atoms. The van der Waals surface area contributed by atoms with Crippen molar-refractivity contribution >= 4 is 24.0 Å². The molecule has 0 fully saturated rings. The van der Waals surface area contributed by atoms with Gasteiger partial charge >= 0.3 is 6.09 Å². The zero-order valence-corrected chi connectivity index (χ0v) is 10.3. The summed E-state index contributed by atoms with van der Waals surface area (Å²) in [5.74, 6) is 0. The molecule has 17 heavy (non-hydrogen) atoms. The van der Waals surface area contributed by atoms with Gasteiger partial charge in [0.1, 0.15) is 0 Å². The molecule has 1 amide bonds. The number of carbonyl (C=O) groups is 2. The molecule has 0 aliphatic heterocycles. The second-order valence-electron chi connectivity index (χ2n) is 3.59. The van der Waals surface area contributed by atoms with E-state index in [1.807, 2.05) is 0 Å². The molecular formula is C12H14ClNO3. The number of benzene rings is 1. The van der Waals surface area contributed by atoms with E-state index >= 15 is 0 Å². The monoisotopic (exact) mass is 255 g/mol. The maximum Gasteiger partial charge on any atom is 0.407 e. The number of hydrogen-bond acceptors (Lipinski definition) is 2. The highest BCUT2D eigenvalue weighted by Crippen LogP contribution is 2.16. The minimum atomic E-state index is -0.933. The van der Waals surface area contributed by atoms with E-state index in [0.29, 0.717) is 36.4 Å². The van der Waals surface area contributed by atoms with Crippen molar-refractivity contribution in [3.05, 3.63) is 34.3 Å². The normalized spacial score (nSPS) is 10.0. The summed E-state index contributed by atoms with van der Waals surface area (Å²) < 4.78 is 0. The molecule has 1 aromatic rings. The van der Waals surface area contributed by atoms with E-state index in [-0.39, 0.29) is 0 Å². The van der Waals surface area contributed by atoms with E-state index < -0.39 is 6.09 Å². The summed E-state index contributed by atoms with van der Waals surface area (Å²) in [6.45, 7) is 2.64. The molecule has 1 rings (SSSR count). The maximum atomic E-state index is 10.8. The van der Waals surface area contributed by atoms with Gasteiger partial charge in [-0.05, 0) is 31.0 Å². The first kappa shape index (κ1) is 13.5. The Hall–Kier alpha value is -1.55. The average Bonchev–Trinajstić information content (AvgIpc) is 2.31. The predicted octanol–water partition coefficient (Wildman–Crippen LogP) is 2.69. The van der Waals surface area contributed by atoms with Gasteiger partial charge in [-0.25, -0.2) is 4.79 Å². The molecule has 0 aromatic heterocycles. The summed E-state index contributed by atoms with van der Waals surface area (Å²) in [5, 5.41) is 9.26. The zero-order chi connectivity index (χ0) is 12.8. The third kappa shape index (κ3) is 3.75. The minimum Gasteiger partial charge on any atom is -0.465 e. The van der Waals surface area contributed by atoms with Crippen LogP contribution in [0.2, 0.25) is 5.02 Å². The maximum absolute atomic E-state index is 10.8. The molecule has 0 aliphatic rings. The molecule has 0 heterocycles. The van der Waals surface area contributed by atoms with Crippen LogP contribution in [0.3, 0.4) is 0 Å². The van der Waals surface area contributed by atoms with Gasteiger partial charge in [-0.3, -0.25) is 4.79 Å². The lowest BCUT2D eigenvalue weighted by Gasteiger charge is -2.16. The Morgan fingerprint density at radius 2 is 2.24 bits per heavy atom. The lowest BCUT2D eigenvalue weighted by molar-refractivity contribution is 0.112. The van der Waals surface area contributed by atoms with Crippen molar-refractivity contribution in [2.24, 2.45) is 0 Å². The van der Waals surface area contributed by atoms with Crippen LogP contribution in [-0.2, 0) is 6.42 Å². The molecule has 0 aliphatic carbocycles. The first-order chi connectivity index (χ1) is 8.08. The summed E-state index contributed by atoms with van der Waals surface area (Å²) in [5.41, 5.74) is 1.33. The topological polar surface area (TPSA) is 57.6 Å². The first-order valence-corrected chi connectivity index (χ1v) is 5.67. The smallest absolute Gasteiger partial charge is 0.407 e. The number of hydrogen-bond donors (Lipinski definition) is 1. The van der Waals surface area contributed by atoms with E-state index in [1.165, 1.54) is 4.90 Å². The molecule has 4 nitrogen and oxygen atoms in total. The van der Waals surface area contributed by atoms with Crippen molar-refractivity contribution in [1.82, 2.24) is 4.90 Å². The third-order valence-corrected chi connectivity index (χ3v) is 2.85. The van der Waals surface area contributed by atoms with Crippen LogP contribution in [0.1, 0.15) is 22.8 Å². The second kappa shape index (κ2) is 6.25. The van der Waals surface area contributed by atoms with Crippen molar-refractivity contribution in [1.29, 1.82) is 0 Å². The largest absolute Gasteiger partial charge is 0.465 e. The van der Waals surface area contributed by atoms with Gasteiger partial charge < -0.3 is 10.0 Å². The molecule has 0 unspecified atom stereocenters. The average molecular weight is 256 g/mol. The number of halogens is 1. The van der Waals surface area contributed by atoms with E-state index in [0.717, 1.165) is 5.56 Å². The fraction of sp³-hybridized carbons (Fsp3) is 0.333. The molecule has 0 saturated carbocycles. The SMILES string of the molecule is CCN(CCc1ccc(Cl)c(C=O)c1)C(=O)O. The van der Waals surface area contributed by atoms with Gasteiger partial charge in [0, 0.05) is 18.7 Å². The number of likely N-dealkylation sites (N-methyl/N-ethyl adjacent to an activating group) is 1. The first-order valence-electron chi connectivity index (χ1n) is 5.30. The van der Waals surface area contributed by atoms with Gasteiger partial charge in [-0.2, -0.15) is 0 Å². The van der Waals surface area contributed by atoms with E-state index in [9.17, 15) is 9.59 Å². The summed E-state index contributed by atoms with van der Waals surface area (Å²) in [6.07, 6.45) is 0.329. The third-order valence-electron chi connectivity index (χ3n) is 2.51. The van der Waals surface area contributed by atoms with Crippen molar-refractivity contribution < 1.29 is 14.7 Å². The lowest BCUT2D eigenvalue weighted by Crippen LogP contribution is -2.31. The fourth-order valence-corrected chi connectivity index (χ4v) is 1.65. The molecule has 0 radical (unpaired) electrons. The molecule has 5 heteroatoms. The number of rotatable bonds is 5. The number of carboxylic acid groups (broad SMARTS) is 1. The summed E-state index contributed by atoms with van der Waals surface area (Å²) >= 11 is 5.80. The van der Waals surface area contributed by atoms with Crippen LogP contribution in [-0.4, -0.2) is 35.5 Å². The van der Waals surface area contributed by atoms with Gasteiger partial charge in [-0.15, -0.1) is 0 Å². The Bertz CT molecular complexity index is 420. The van der Waals surface area contributed by atoms with Crippen LogP contribution in [0.25, 0.3) is 0 Å². The van der Waals surface area contributed by atoms with Crippen molar-refractivity contribution in [3.63, 3.8) is 0 Å². The van der Waals surface area contributed by atoms with Gasteiger partial charge in [0.15, 0.2) is 6.29 Å². The van der Waals surface area contributed by atoms with E-state index in [2.05, 4.69) is 0 Å². The molecule has 1 aromatic carbocycles. The molecule has 0 saturated heterocycles. The zero-order valence-electron chi connectivity index (χ0n) is 9.52. The van der Waals surface area contributed by atoms with Crippen LogP contribution in [0, 0.1) is 0 Å². The predicted molar refractivity (Wildman–Crippen MR) is 65.8 cm³/mol. The summed E-state index contributed by atoms with van der Waals surface area (Å²) in [4.78, 5) is 22.8. The Morgan fingerprint density at radius 1 is 1.53 bits per heavy atom. The molecular weight excluding hydrogens is 242 g/mol. The second-order valence-corrected chi connectivity index (χ2v) is 3.99. The minimum absolute atomic E-state index is 0.408. The standard InChI is InChI=1S/C12H14ClNO3/c1-2-14(12(16)17)6-5-9-3-4-11(13)10(7-9)8-15/h3-4,7-8H,2,5-6H2,1H3,(H,16,17). The lowest BCUT2D eigenvalue weighted by atomic mass is 10.1. The molecule has 1 N–H and O–H groups in total. The van der Waals surface area contributed by atoms with Gasteiger partial charge in [-0.1, -0.05) is 17.7 Å². The van der Waals surface area contributed by atoms with Crippen molar-refractivity contribution in [3.8, 4) is 0 Å². The Balaban J connectivity index is 2.69. The number of aldehydes is 1. The number of amides is 1. The molecule has 0 atom stereocenters. The quantitative estimate of drug-likeness (QED) is 0.823. The number of nitrogens with zero attached hydrogens (tertiary/aromatic N) is 1. The van der Waals surface area contributed by atoms with Gasteiger partial charge in [0.2, 0.25) is 0 Å². The van der Waals surface area contributed by atoms with Gasteiger partial charge in [0.05, 0.1) is 5.02 Å². The van der Waals surface area contributed by atoms with Crippen molar-refractivity contribution in [2.75, 3.05) is 13.1 Å². The van der Waals surface area contributed by atoms with Crippen LogP contribution < -0.4 is 0 Å². The van der Waals surface area contributed by atoms with Crippen LogP contribution in [0.15, 0.2) is 18.2 Å². The highest BCUT2D eigenvalue weighted by Gasteiger charge is 2.09. The highest BCUT2D eigenvalue weighted by molar-refractivity contribution is 6.32. The highest BCUT2D eigenvalue weighted by atomic mass is 35.5. The Labute approximate surface area is 105 Å². The summed E-state index contributed by atoms with van der Waals surface area (Å²) in [7, 11) is 0.